The number of carbonyl (C=O) groups is 2. The van der Waals surface area contributed by atoms with Crippen LogP contribution in [0.4, 0.5) is 0 Å². The summed E-state index contributed by atoms with van der Waals surface area (Å²) in [6.45, 7) is 5.06. The number of ketones is 1. The largest absolute Gasteiger partial charge is 0.453 e. The van der Waals surface area contributed by atoms with Gasteiger partial charge in [0.1, 0.15) is 4.88 Å². The lowest BCUT2D eigenvalue weighted by molar-refractivity contribution is 0.0478. The number of Topliss-reactive ketones (excluding diaryl/α,β-unsaturated/α-hetero) is 1. The SMILES string of the molecule is Cc1ccsc1C(=O)OCC(=O)c1cc(C)n(-c2ccc(S(N)(=O)=O)cc2)c1C. The third kappa shape index (κ3) is 4.31. The molecule has 0 bridgehead atoms. The van der Waals surface area contributed by atoms with Crippen molar-refractivity contribution in [1.82, 2.24) is 4.57 Å². The third-order valence-electron chi connectivity index (χ3n) is 4.54. The van der Waals surface area contributed by atoms with E-state index in [-0.39, 0.29) is 17.3 Å². The highest BCUT2D eigenvalue weighted by Crippen LogP contribution is 2.23. The highest BCUT2D eigenvalue weighted by molar-refractivity contribution is 7.89. The number of rotatable bonds is 6. The van der Waals surface area contributed by atoms with Gasteiger partial charge in [0.15, 0.2) is 6.61 Å². The highest BCUT2D eigenvalue weighted by Gasteiger charge is 2.20. The molecule has 2 aromatic heterocycles. The van der Waals surface area contributed by atoms with Crippen molar-refractivity contribution in [3.8, 4) is 5.69 Å². The van der Waals surface area contributed by atoms with E-state index >= 15 is 0 Å². The maximum atomic E-state index is 12.6. The fourth-order valence-electron chi connectivity index (χ4n) is 3.08. The van der Waals surface area contributed by atoms with Gasteiger partial charge in [-0.1, -0.05) is 0 Å². The van der Waals surface area contributed by atoms with Gasteiger partial charge in [0, 0.05) is 22.6 Å². The molecule has 0 aliphatic carbocycles. The van der Waals surface area contributed by atoms with Crippen LogP contribution in [-0.2, 0) is 14.8 Å². The minimum atomic E-state index is -3.78. The molecule has 0 fully saturated rings. The molecule has 3 aromatic rings. The molecule has 7 nitrogen and oxygen atoms in total. The number of hydrogen-bond acceptors (Lipinski definition) is 6. The summed E-state index contributed by atoms with van der Waals surface area (Å²) in [4.78, 5) is 25.2. The second-order valence-corrected chi connectivity index (χ2v) is 9.07. The topological polar surface area (TPSA) is 108 Å². The Morgan fingerprint density at radius 3 is 2.31 bits per heavy atom. The van der Waals surface area contributed by atoms with E-state index in [0.717, 1.165) is 11.3 Å². The Bertz CT molecular complexity index is 1190. The molecule has 0 atom stereocenters. The minimum absolute atomic E-state index is 0.01000. The smallest absolute Gasteiger partial charge is 0.349 e. The Labute approximate surface area is 172 Å². The third-order valence-corrected chi connectivity index (χ3v) is 6.46. The molecule has 0 radical (unpaired) electrons. The first kappa shape index (κ1) is 21.0. The number of benzene rings is 1. The lowest BCUT2D eigenvalue weighted by Crippen LogP contribution is -2.15. The first-order valence-electron chi connectivity index (χ1n) is 8.66. The van der Waals surface area contributed by atoms with Crippen molar-refractivity contribution in [3.05, 3.63) is 69.2 Å². The molecule has 0 unspecified atom stereocenters. The number of thiophene rings is 1. The normalized spacial score (nSPS) is 11.4. The number of esters is 1. The van der Waals surface area contributed by atoms with Crippen molar-refractivity contribution in [1.29, 1.82) is 0 Å². The van der Waals surface area contributed by atoms with Gasteiger partial charge in [-0.15, -0.1) is 11.3 Å². The van der Waals surface area contributed by atoms with Crippen molar-refractivity contribution >= 4 is 33.1 Å². The van der Waals surface area contributed by atoms with Gasteiger partial charge in [0.05, 0.1) is 4.90 Å². The number of aryl methyl sites for hydroxylation is 2. The van der Waals surface area contributed by atoms with Crippen molar-refractivity contribution in [2.45, 2.75) is 25.7 Å². The number of carbonyl (C=O) groups excluding carboxylic acids is 2. The zero-order chi connectivity index (χ0) is 21.3. The predicted molar refractivity (Wildman–Crippen MR) is 110 cm³/mol. The number of hydrogen-bond donors (Lipinski definition) is 1. The molecule has 1 aromatic carbocycles. The summed E-state index contributed by atoms with van der Waals surface area (Å²) >= 11 is 1.27. The minimum Gasteiger partial charge on any atom is -0.453 e. The fourth-order valence-corrected chi connectivity index (χ4v) is 4.42. The van der Waals surface area contributed by atoms with E-state index in [0.29, 0.717) is 21.8 Å². The van der Waals surface area contributed by atoms with E-state index in [4.69, 9.17) is 9.88 Å². The number of nitrogens with two attached hydrogens (primary N) is 1. The van der Waals surface area contributed by atoms with Crippen LogP contribution in [0.3, 0.4) is 0 Å². The molecule has 0 spiro atoms. The fraction of sp³-hybridized carbons (Fsp3) is 0.200. The molecule has 9 heteroatoms. The van der Waals surface area contributed by atoms with Gasteiger partial charge in [0.2, 0.25) is 15.8 Å². The molecule has 0 aliphatic rings. The highest BCUT2D eigenvalue weighted by atomic mass is 32.2. The predicted octanol–water partition coefficient (Wildman–Crippen LogP) is 3.15. The summed E-state index contributed by atoms with van der Waals surface area (Å²) in [6.07, 6.45) is 0. The van der Waals surface area contributed by atoms with Crippen LogP contribution < -0.4 is 5.14 Å². The van der Waals surface area contributed by atoms with Crippen molar-refractivity contribution < 1.29 is 22.7 Å². The number of nitrogens with zero attached hydrogens (tertiary/aromatic N) is 1. The van der Waals surface area contributed by atoms with E-state index in [2.05, 4.69) is 0 Å². The molecule has 0 aliphatic heterocycles. The second-order valence-electron chi connectivity index (χ2n) is 6.59. The molecule has 2 heterocycles. The number of ether oxygens (including phenoxy) is 1. The Morgan fingerprint density at radius 1 is 1.10 bits per heavy atom. The molecule has 29 heavy (non-hydrogen) atoms. The van der Waals surface area contributed by atoms with Crippen LogP contribution in [0, 0.1) is 20.8 Å². The van der Waals surface area contributed by atoms with Crippen LogP contribution in [0.5, 0.6) is 0 Å². The van der Waals surface area contributed by atoms with E-state index in [9.17, 15) is 18.0 Å². The van der Waals surface area contributed by atoms with Crippen LogP contribution in [-0.4, -0.2) is 31.3 Å². The standard InChI is InChI=1S/C20H20N2O5S2/c1-12-8-9-28-19(12)20(24)27-11-18(23)17-10-13(2)22(14(17)3)15-4-6-16(7-5-15)29(21,25)26/h4-10H,11H2,1-3H3,(H2,21,25,26). The Balaban J connectivity index is 1.81. The average molecular weight is 433 g/mol. The summed E-state index contributed by atoms with van der Waals surface area (Å²) in [6, 6.07) is 9.60. The Morgan fingerprint density at radius 2 is 1.76 bits per heavy atom. The average Bonchev–Trinajstić information content (AvgIpc) is 3.21. The van der Waals surface area contributed by atoms with Crippen LogP contribution in [0.15, 0.2) is 46.7 Å². The van der Waals surface area contributed by atoms with Crippen molar-refractivity contribution in [2.24, 2.45) is 5.14 Å². The van der Waals surface area contributed by atoms with Crippen LogP contribution in [0.2, 0.25) is 0 Å². The van der Waals surface area contributed by atoms with Crippen molar-refractivity contribution in [3.63, 3.8) is 0 Å². The van der Waals surface area contributed by atoms with E-state index in [1.165, 1.54) is 23.5 Å². The summed E-state index contributed by atoms with van der Waals surface area (Å²) in [5.74, 6) is -0.827. The quantitative estimate of drug-likeness (QED) is 0.475. The Hall–Kier alpha value is -2.75. The van der Waals surface area contributed by atoms with Gasteiger partial charge in [-0.25, -0.2) is 18.4 Å². The van der Waals surface area contributed by atoms with Gasteiger partial charge in [0.25, 0.3) is 0 Å². The van der Waals surface area contributed by atoms with E-state index in [1.54, 1.807) is 30.5 Å². The zero-order valence-corrected chi connectivity index (χ0v) is 17.8. The van der Waals surface area contributed by atoms with Crippen LogP contribution in [0.1, 0.15) is 37.0 Å². The van der Waals surface area contributed by atoms with Gasteiger partial charge in [-0.3, -0.25) is 4.79 Å². The molecule has 0 saturated carbocycles. The number of primary sulfonamides is 1. The van der Waals surface area contributed by atoms with Crippen LogP contribution >= 0.6 is 11.3 Å². The molecule has 0 saturated heterocycles. The van der Waals surface area contributed by atoms with Gasteiger partial charge < -0.3 is 9.30 Å². The molecule has 3 rings (SSSR count). The van der Waals surface area contributed by atoms with Gasteiger partial charge in [-0.05, 0) is 68.1 Å². The second kappa shape index (κ2) is 7.94. The lowest BCUT2D eigenvalue weighted by Gasteiger charge is -2.10. The molecule has 152 valence electrons. The summed E-state index contributed by atoms with van der Waals surface area (Å²) in [5, 5.41) is 6.93. The summed E-state index contributed by atoms with van der Waals surface area (Å²) in [7, 11) is -3.78. The van der Waals surface area contributed by atoms with Gasteiger partial charge >= 0.3 is 5.97 Å². The number of aromatic nitrogens is 1. The van der Waals surface area contributed by atoms with E-state index < -0.39 is 16.0 Å². The summed E-state index contributed by atoms with van der Waals surface area (Å²) in [5.41, 5.74) is 3.40. The molecule has 2 N–H and O–H groups in total. The molecular weight excluding hydrogens is 412 g/mol. The van der Waals surface area contributed by atoms with Crippen LogP contribution in [0.25, 0.3) is 5.69 Å². The van der Waals surface area contributed by atoms with Crippen molar-refractivity contribution in [2.75, 3.05) is 6.61 Å². The summed E-state index contributed by atoms with van der Waals surface area (Å²) < 4.78 is 29.9. The van der Waals surface area contributed by atoms with E-state index in [1.807, 2.05) is 24.5 Å². The lowest BCUT2D eigenvalue weighted by atomic mass is 10.1. The first-order chi connectivity index (χ1) is 13.6. The first-order valence-corrected chi connectivity index (χ1v) is 11.1. The maximum Gasteiger partial charge on any atom is 0.349 e. The van der Waals surface area contributed by atoms with Gasteiger partial charge in [-0.2, -0.15) is 0 Å². The number of sulfonamides is 1. The Kier molecular flexibility index (Phi) is 5.74. The monoisotopic (exact) mass is 432 g/mol. The molecule has 0 amide bonds. The maximum absolute atomic E-state index is 12.6. The zero-order valence-electron chi connectivity index (χ0n) is 16.1. The molecular formula is C20H20N2O5S2.